The lowest BCUT2D eigenvalue weighted by atomic mass is 10.1. The summed E-state index contributed by atoms with van der Waals surface area (Å²) in [5.74, 6) is 0. The van der Waals surface area contributed by atoms with Gasteiger partial charge in [-0.05, 0) is 24.6 Å². The van der Waals surface area contributed by atoms with Crippen LogP contribution in [0.3, 0.4) is 0 Å². The molecule has 0 aromatic carbocycles. The summed E-state index contributed by atoms with van der Waals surface area (Å²) in [5, 5.41) is 0. The first kappa shape index (κ1) is 21.2. The van der Waals surface area contributed by atoms with Crippen LogP contribution in [-0.2, 0) is 4.43 Å². The van der Waals surface area contributed by atoms with Crippen molar-refractivity contribution >= 4 is 8.32 Å². The summed E-state index contributed by atoms with van der Waals surface area (Å²) in [6, 6.07) is 3.87. The molecule has 0 aliphatic rings. The third-order valence-corrected chi connectivity index (χ3v) is 9.77. The van der Waals surface area contributed by atoms with Crippen molar-refractivity contribution in [1.29, 1.82) is 0 Å². The van der Waals surface area contributed by atoms with E-state index in [4.69, 9.17) is 4.43 Å². The summed E-state index contributed by atoms with van der Waals surface area (Å²) < 4.78 is 6.30. The molecule has 0 bridgehead atoms. The first-order valence-corrected chi connectivity index (χ1v) is 12.4. The summed E-state index contributed by atoms with van der Waals surface area (Å²) in [6.45, 7) is 10.3. The molecule has 0 N–H and O–H groups in total. The van der Waals surface area contributed by atoms with Gasteiger partial charge in [-0.1, -0.05) is 91.9 Å². The van der Waals surface area contributed by atoms with Crippen LogP contribution in [0.15, 0.2) is 0 Å². The Balaban J connectivity index is 3.29. The predicted octanol–water partition coefficient (Wildman–Crippen LogP) is 7.32. The highest BCUT2D eigenvalue weighted by atomic mass is 28.4. The molecule has 2 heteroatoms. The van der Waals surface area contributed by atoms with E-state index in [0.717, 1.165) is 6.61 Å². The number of hydrogen-bond acceptors (Lipinski definition) is 1. The van der Waals surface area contributed by atoms with Crippen molar-refractivity contribution in [1.82, 2.24) is 0 Å². The molecule has 0 saturated carbocycles. The summed E-state index contributed by atoms with van der Waals surface area (Å²) in [4.78, 5) is 0. The van der Waals surface area contributed by atoms with Gasteiger partial charge in [-0.3, -0.25) is 0 Å². The molecule has 0 amide bonds. The lowest BCUT2D eigenvalue weighted by Gasteiger charge is -2.27. The minimum Gasteiger partial charge on any atom is -0.417 e. The summed E-state index contributed by atoms with van der Waals surface area (Å²) >= 11 is 0. The van der Waals surface area contributed by atoms with Gasteiger partial charge < -0.3 is 4.43 Å². The van der Waals surface area contributed by atoms with E-state index in [1.807, 2.05) is 0 Å². The van der Waals surface area contributed by atoms with Gasteiger partial charge in [0.05, 0.1) is 0 Å². The molecule has 0 spiro atoms. The van der Waals surface area contributed by atoms with E-state index in [2.05, 4.69) is 27.7 Å². The highest BCUT2D eigenvalue weighted by Gasteiger charge is 2.27. The molecule has 0 aliphatic heterocycles. The van der Waals surface area contributed by atoms with Crippen molar-refractivity contribution in [3.05, 3.63) is 0 Å². The Hall–Kier alpha value is 0.177. The zero-order valence-corrected chi connectivity index (χ0v) is 16.5. The minimum atomic E-state index is -1.31. The molecule has 128 valence electrons. The first-order chi connectivity index (χ1) is 10.2. The zero-order valence-electron chi connectivity index (χ0n) is 15.5. The van der Waals surface area contributed by atoms with Gasteiger partial charge in [-0.15, -0.1) is 0 Å². The molecule has 0 aliphatic carbocycles. The fourth-order valence-corrected chi connectivity index (χ4v) is 5.80. The molecule has 0 heterocycles. The van der Waals surface area contributed by atoms with E-state index in [0.29, 0.717) is 0 Å². The van der Waals surface area contributed by atoms with Crippen LogP contribution >= 0.6 is 0 Å². The molecule has 21 heavy (non-hydrogen) atoms. The lowest BCUT2D eigenvalue weighted by Crippen LogP contribution is -2.36. The van der Waals surface area contributed by atoms with Crippen LogP contribution in [0.1, 0.15) is 98.3 Å². The maximum atomic E-state index is 6.30. The topological polar surface area (TPSA) is 9.23 Å². The Morgan fingerprint density at radius 3 is 1.29 bits per heavy atom. The minimum absolute atomic E-state index is 1.03. The van der Waals surface area contributed by atoms with Crippen molar-refractivity contribution in [3.8, 4) is 0 Å². The quantitative estimate of drug-likeness (QED) is 0.214. The van der Waals surface area contributed by atoms with Gasteiger partial charge in [0.25, 0.3) is 0 Å². The molecule has 0 aromatic rings. The fourth-order valence-electron chi connectivity index (χ4n) is 3.11. The SMILES string of the molecule is CCCCCCCCCCCCCO[Si](CC)(CC)CC. The van der Waals surface area contributed by atoms with Crippen molar-refractivity contribution in [2.45, 2.75) is 116 Å². The largest absolute Gasteiger partial charge is 0.417 e. The maximum absolute atomic E-state index is 6.30. The van der Waals surface area contributed by atoms with Crippen LogP contribution in [0.4, 0.5) is 0 Å². The van der Waals surface area contributed by atoms with Gasteiger partial charge >= 0.3 is 0 Å². The van der Waals surface area contributed by atoms with Gasteiger partial charge in [0.2, 0.25) is 0 Å². The van der Waals surface area contributed by atoms with Gasteiger partial charge in [0, 0.05) is 6.61 Å². The Bertz CT molecular complexity index is 193. The molecule has 0 rings (SSSR count). The Labute approximate surface area is 136 Å². The Morgan fingerprint density at radius 1 is 0.524 bits per heavy atom. The highest BCUT2D eigenvalue weighted by Crippen LogP contribution is 2.22. The van der Waals surface area contributed by atoms with Gasteiger partial charge in [-0.2, -0.15) is 0 Å². The molecular weight excluding hydrogens is 272 g/mol. The molecule has 0 aromatic heterocycles. The molecule has 1 nitrogen and oxygen atoms in total. The molecular formula is C19H42OSi. The van der Waals surface area contributed by atoms with Crippen LogP contribution in [0, 0.1) is 0 Å². The normalized spacial score (nSPS) is 12.0. The van der Waals surface area contributed by atoms with E-state index in [-0.39, 0.29) is 0 Å². The molecule has 0 saturated heterocycles. The van der Waals surface area contributed by atoms with Crippen molar-refractivity contribution in [2.75, 3.05) is 6.61 Å². The first-order valence-electron chi connectivity index (χ1n) is 9.88. The molecule has 0 atom stereocenters. The highest BCUT2D eigenvalue weighted by molar-refractivity contribution is 6.73. The summed E-state index contributed by atoms with van der Waals surface area (Å²) in [7, 11) is -1.31. The third kappa shape index (κ3) is 11.4. The standard InChI is InChI=1S/C19H42OSi/c1-5-9-10-11-12-13-14-15-16-17-18-19-20-21(6-2,7-3)8-4/h5-19H2,1-4H3. The second-order valence-corrected chi connectivity index (χ2v) is 11.4. The van der Waals surface area contributed by atoms with E-state index in [9.17, 15) is 0 Å². The fraction of sp³-hybridized carbons (Fsp3) is 1.00. The number of unbranched alkanes of at least 4 members (excludes halogenated alkanes) is 10. The van der Waals surface area contributed by atoms with Crippen LogP contribution in [-0.4, -0.2) is 14.9 Å². The van der Waals surface area contributed by atoms with E-state index in [1.54, 1.807) is 0 Å². The third-order valence-electron chi connectivity index (χ3n) is 5.09. The Morgan fingerprint density at radius 2 is 0.905 bits per heavy atom. The number of rotatable bonds is 16. The van der Waals surface area contributed by atoms with Gasteiger partial charge in [0.1, 0.15) is 0 Å². The average Bonchev–Trinajstić information content (AvgIpc) is 2.53. The van der Waals surface area contributed by atoms with E-state index < -0.39 is 8.32 Å². The second kappa shape index (κ2) is 15.1. The van der Waals surface area contributed by atoms with Crippen LogP contribution in [0.25, 0.3) is 0 Å². The van der Waals surface area contributed by atoms with E-state index >= 15 is 0 Å². The average molecular weight is 315 g/mol. The van der Waals surface area contributed by atoms with E-state index in [1.165, 1.54) is 88.8 Å². The number of hydrogen-bond donors (Lipinski definition) is 0. The predicted molar refractivity (Wildman–Crippen MR) is 99.6 cm³/mol. The lowest BCUT2D eigenvalue weighted by molar-refractivity contribution is 0.287. The van der Waals surface area contributed by atoms with Crippen LogP contribution < -0.4 is 0 Å². The maximum Gasteiger partial charge on any atom is 0.191 e. The second-order valence-electron chi connectivity index (χ2n) is 6.63. The van der Waals surface area contributed by atoms with Crippen LogP contribution in [0.5, 0.6) is 0 Å². The van der Waals surface area contributed by atoms with Gasteiger partial charge in [-0.25, -0.2) is 0 Å². The smallest absolute Gasteiger partial charge is 0.191 e. The van der Waals surface area contributed by atoms with Crippen molar-refractivity contribution < 1.29 is 4.43 Å². The summed E-state index contributed by atoms with van der Waals surface area (Å²) in [6.07, 6.45) is 15.6. The zero-order chi connectivity index (χ0) is 15.8. The monoisotopic (exact) mass is 314 g/mol. The van der Waals surface area contributed by atoms with Crippen LogP contribution in [0.2, 0.25) is 18.1 Å². The Kier molecular flexibility index (Phi) is 15.2. The molecule has 0 radical (unpaired) electrons. The molecule has 0 fully saturated rings. The summed E-state index contributed by atoms with van der Waals surface area (Å²) in [5.41, 5.74) is 0. The molecule has 0 unspecified atom stereocenters. The van der Waals surface area contributed by atoms with Crippen molar-refractivity contribution in [3.63, 3.8) is 0 Å². The van der Waals surface area contributed by atoms with Crippen molar-refractivity contribution in [2.24, 2.45) is 0 Å². The van der Waals surface area contributed by atoms with Gasteiger partial charge in [0.15, 0.2) is 8.32 Å².